The smallest absolute Gasteiger partial charge is 0.409 e. The third-order valence-electron chi connectivity index (χ3n) is 2.48. The number of aliphatic hydroxyl groups excluding tert-OH is 1. The van der Waals surface area contributed by atoms with Gasteiger partial charge in [-0.15, -0.1) is 0 Å². The highest BCUT2D eigenvalue weighted by Gasteiger charge is 2.02. The summed E-state index contributed by atoms with van der Waals surface area (Å²) in [6, 6.07) is 15.9. The monoisotopic (exact) mass is 307 g/mol. The molecule has 0 saturated carbocycles. The van der Waals surface area contributed by atoms with Crippen molar-refractivity contribution in [3.8, 4) is 0 Å². The highest BCUT2D eigenvalue weighted by atomic mass is 32.2. The van der Waals surface area contributed by atoms with E-state index in [1.54, 1.807) is 42.7 Å². The van der Waals surface area contributed by atoms with Crippen LogP contribution in [0.2, 0.25) is 0 Å². The van der Waals surface area contributed by atoms with Crippen LogP contribution in [0.15, 0.2) is 59.5 Å². The number of carboxylic acid groups (broad SMARTS) is 1. The van der Waals surface area contributed by atoms with Crippen molar-refractivity contribution in [1.82, 2.24) is 0 Å². The van der Waals surface area contributed by atoms with Gasteiger partial charge in [-0.3, -0.25) is 9.53 Å². The average molecular weight is 307 g/mol. The summed E-state index contributed by atoms with van der Waals surface area (Å²) in [5.41, 5.74) is 1.34. The molecule has 0 heterocycles. The van der Waals surface area contributed by atoms with E-state index in [2.05, 4.69) is 5.32 Å². The van der Waals surface area contributed by atoms with Crippen LogP contribution in [0, 0.1) is 0 Å². The average Bonchev–Trinajstić information content (AvgIpc) is 2.48. The summed E-state index contributed by atoms with van der Waals surface area (Å²) in [5, 5.41) is 19.3. The number of aliphatic hydroxyl groups is 1. The Balaban J connectivity index is 0.000000211. The van der Waals surface area contributed by atoms with Gasteiger partial charge in [0.15, 0.2) is 0 Å². The van der Waals surface area contributed by atoms with Gasteiger partial charge in [0.25, 0.3) is 0 Å². The van der Waals surface area contributed by atoms with Gasteiger partial charge in [-0.05, 0) is 23.8 Å². The van der Waals surface area contributed by atoms with Crippen LogP contribution in [-0.4, -0.2) is 26.8 Å². The normalized spacial score (nSPS) is 11.0. The van der Waals surface area contributed by atoms with E-state index in [1.165, 1.54) is 0 Å². The van der Waals surface area contributed by atoms with E-state index in [9.17, 15) is 9.00 Å². The van der Waals surface area contributed by atoms with Crippen molar-refractivity contribution in [2.45, 2.75) is 11.5 Å². The van der Waals surface area contributed by atoms with Gasteiger partial charge >= 0.3 is 6.09 Å². The first-order valence-corrected chi connectivity index (χ1v) is 7.67. The Hall–Kier alpha value is -2.18. The molecule has 2 rings (SSSR count). The van der Waals surface area contributed by atoms with E-state index >= 15 is 0 Å². The SMILES string of the molecule is CS(=O)c1ccccc1CO.O=C(O)Nc1ccccc1. The fraction of sp³-hybridized carbons (Fsp3) is 0.133. The Morgan fingerprint density at radius 1 is 1.10 bits per heavy atom. The lowest BCUT2D eigenvalue weighted by molar-refractivity contribution is 0.209. The Labute approximate surface area is 125 Å². The molecular weight excluding hydrogens is 290 g/mol. The zero-order valence-corrected chi connectivity index (χ0v) is 12.3. The van der Waals surface area contributed by atoms with Crippen LogP contribution in [0.5, 0.6) is 0 Å². The largest absolute Gasteiger partial charge is 0.465 e. The third kappa shape index (κ3) is 6.20. The molecule has 6 heteroatoms. The second-order valence-electron chi connectivity index (χ2n) is 4.02. The van der Waals surface area contributed by atoms with E-state index in [1.807, 2.05) is 18.2 Å². The van der Waals surface area contributed by atoms with Gasteiger partial charge < -0.3 is 10.2 Å². The van der Waals surface area contributed by atoms with Crippen molar-refractivity contribution in [3.63, 3.8) is 0 Å². The molecule has 0 bridgehead atoms. The first kappa shape index (κ1) is 16.9. The number of carbonyl (C=O) groups is 1. The molecule has 0 aliphatic rings. The summed E-state index contributed by atoms with van der Waals surface area (Å²) in [6.07, 6.45) is 0.570. The van der Waals surface area contributed by atoms with Crippen molar-refractivity contribution >= 4 is 22.6 Å². The van der Waals surface area contributed by atoms with Crippen molar-refractivity contribution in [3.05, 3.63) is 60.2 Å². The fourth-order valence-electron chi connectivity index (χ4n) is 1.56. The van der Waals surface area contributed by atoms with Crippen LogP contribution < -0.4 is 5.32 Å². The zero-order valence-electron chi connectivity index (χ0n) is 11.5. The Kier molecular flexibility index (Phi) is 7.14. The van der Waals surface area contributed by atoms with Crippen molar-refractivity contribution in [2.24, 2.45) is 0 Å². The van der Waals surface area contributed by atoms with E-state index in [-0.39, 0.29) is 6.61 Å². The Morgan fingerprint density at radius 2 is 1.67 bits per heavy atom. The summed E-state index contributed by atoms with van der Waals surface area (Å²) < 4.78 is 11.0. The maximum absolute atomic E-state index is 11.0. The van der Waals surface area contributed by atoms with Crippen LogP contribution >= 0.6 is 0 Å². The molecule has 1 unspecified atom stereocenters. The van der Waals surface area contributed by atoms with Gasteiger partial charge in [0.05, 0.1) is 17.4 Å². The van der Waals surface area contributed by atoms with Gasteiger partial charge in [-0.1, -0.05) is 36.4 Å². The van der Waals surface area contributed by atoms with Gasteiger partial charge in [0, 0.05) is 16.8 Å². The highest BCUT2D eigenvalue weighted by Crippen LogP contribution is 2.11. The third-order valence-corrected chi connectivity index (χ3v) is 3.50. The lowest BCUT2D eigenvalue weighted by Gasteiger charge is -2.01. The molecule has 2 aromatic carbocycles. The number of rotatable bonds is 3. The summed E-state index contributed by atoms with van der Waals surface area (Å²) in [5.74, 6) is 0. The van der Waals surface area contributed by atoms with Crippen LogP contribution in [0.25, 0.3) is 0 Å². The molecule has 0 spiro atoms. The van der Waals surface area contributed by atoms with Crippen LogP contribution in [0.4, 0.5) is 10.5 Å². The number of nitrogens with one attached hydrogen (secondary N) is 1. The number of anilines is 1. The lowest BCUT2D eigenvalue weighted by Crippen LogP contribution is -2.06. The number of hydrogen-bond acceptors (Lipinski definition) is 3. The number of benzene rings is 2. The highest BCUT2D eigenvalue weighted by molar-refractivity contribution is 7.84. The Morgan fingerprint density at radius 3 is 2.14 bits per heavy atom. The fourth-order valence-corrected chi connectivity index (χ4v) is 2.33. The molecule has 0 radical (unpaired) electrons. The molecule has 0 aromatic heterocycles. The number of para-hydroxylation sites is 1. The molecule has 0 aliphatic carbocycles. The molecule has 5 nitrogen and oxygen atoms in total. The molecule has 3 N–H and O–H groups in total. The van der Waals surface area contributed by atoms with E-state index in [0.717, 1.165) is 10.5 Å². The molecule has 112 valence electrons. The lowest BCUT2D eigenvalue weighted by atomic mass is 10.2. The second kappa shape index (κ2) is 8.89. The first-order valence-electron chi connectivity index (χ1n) is 6.11. The van der Waals surface area contributed by atoms with E-state index in [0.29, 0.717) is 5.69 Å². The number of hydrogen-bond donors (Lipinski definition) is 3. The van der Waals surface area contributed by atoms with E-state index < -0.39 is 16.9 Å². The molecule has 0 aliphatic heterocycles. The molecule has 1 atom stereocenters. The van der Waals surface area contributed by atoms with Crippen molar-refractivity contribution in [1.29, 1.82) is 0 Å². The topological polar surface area (TPSA) is 86.6 Å². The summed E-state index contributed by atoms with van der Waals surface area (Å²) in [6.45, 7) is -0.0459. The molecule has 0 fully saturated rings. The second-order valence-corrected chi connectivity index (χ2v) is 5.36. The van der Waals surface area contributed by atoms with Gasteiger partial charge in [0.2, 0.25) is 0 Å². The maximum atomic E-state index is 11.0. The van der Waals surface area contributed by atoms with Crippen molar-refractivity contribution in [2.75, 3.05) is 11.6 Å². The molecular formula is C15H17NO4S. The van der Waals surface area contributed by atoms with Crippen molar-refractivity contribution < 1.29 is 19.2 Å². The van der Waals surface area contributed by atoms with Crippen LogP contribution in [0.1, 0.15) is 5.56 Å². The van der Waals surface area contributed by atoms with Gasteiger partial charge in [0.1, 0.15) is 0 Å². The molecule has 0 saturated heterocycles. The van der Waals surface area contributed by atoms with Gasteiger partial charge in [-0.25, -0.2) is 4.79 Å². The molecule has 2 aromatic rings. The molecule has 21 heavy (non-hydrogen) atoms. The minimum atomic E-state index is -1.04. The predicted octanol–water partition coefficient (Wildman–Crippen LogP) is 2.69. The Bertz CT molecular complexity index is 602. The van der Waals surface area contributed by atoms with E-state index in [4.69, 9.17) is 10.2 Å². The summed E-state index contributed by atoms with van der Waals surface area (Å²) >= 11 is 0. The standard InChI is InChI=1S/C8H10O2S.C7H7NO2/c1-11(10)8-5-3-2-4-7(8)6-9;9-7(10)8-6-4-2-1-3-5-6/h2-5,9H,6H2,1H3;1-5,8H,(H,9,10). The summed E-state index contributed by atoms with van der Waals surface area (Å²) in [7, 11) is -1.00. The predicted molar refractivity (Wildman–Crippen MR) is 82.8 cm³/mol. The maximum Gasteiger partial charge on any atom is 0.409 e. The number of amides is 1. The first-order chi connectivity index (χ1) is 10.0. The zero-order chi connectivity index (χ0) is 15.7. The van der Waals surface area contributed by atoms with Gasteiger partial charge in [-0.2, -0.15) is 0 Å². The summed E-state index contributed by atoms with van der Waals surface area (Å²) in [4.78, 5) is 10.8. The van der Waals surface area contributed by atoms with Crippen LogP contribution in [0.3, 0.4) is 0 Å². The minimum absolute atomic E-state index is 0.0459. The quantitative estimate of drug-likeness (QED) is 0.813. The molecule has 1 amide bonds. The van der Waals surface area contributed by atoms with Crippen LogP contribution in [-0.2, 0) is 17.4 Å². The minimum Gasteiger partial charge on any atom is -0.465 e.